The van der Waals surface area contributed by atoms with Crippen LogP contribution in [-0.2, 0) is 4.74 Å². The Hall–Kier alpha value is -1.16. The molecule has 0 aromatic heterocycles. The van der Waals surface area contributed by atoms with Gasteiger partial charge in [-0.2, -0.15) is 0 Å². The van der Waals surface area contributed by atoms with Crippen LogP contribution < -0.4 is 5.32 Å². The monoisotopic (exact) mass is 267 g/mol. The van der Waals surface area contributed by atoms with Gasteiger partial charge in [0.2, 0.25) is 0 Å². The Bertz CT molecular complexity index is 413. The Labute approximate surface area is 113 Å². The van der Waals surface area contributed by atoms with Crippen molar-refractivity contribution in [3.8, 4) is 0 Å². The first-order valence-corrected chi connectivity index (χ1v) is 7.18. The summed E-state index contributed by atoms with van der Waals surface area (Å²) in [6.07, 6.45) is 1.64. The minimum Gasteiger partial charge on any atom is -0.444 e. The topological polar surface area (TPSA) is 38.3 Å². The van der Waals surface area contributed by atoms with E-state index in [1.807, 2.05) is 58.2 Å². The standard InChI is InChI=1S/C14H21NO2S/c1-10(15-13(16)17-14(2,3)4)11-8-6-7-9-12(11)18-5/h6-10H,1-5H3,(H,15,16). The molecule has 0 spiro atoms. The predicted molar refractivity (Wildman–Crippen MR) is 76.0 cm³/mol. The normalized spacial score (nSPS) is 12.9. The minimum atomic E-state index is -0.469. The van der Waals surface area contributed by atoms with Gasteiger partial charge in [0.15, 0.2) is 0 Å². The van der Waals surface area contributed by atoms with Crippen molar-refractivity contribution in [2.75, 3.05) is 6.26 Å². The molecule has 1 unspecified atom stereocenters. The Morgan fingerprint density at radius 3 is 2.50 bits per heavy atom. The molecular formula is C14H21NO2S. The fourth-order valence-corrected chi connectivity index (χ4v) is 2.28. The Morgan fingerprint density at radius 2 is 1.94 bits per heavy atom. The fourth-order valence-electron chi connectivity index (χ4n) is 1.59. The second-order valence-corrected chi connectivity index (χ2v) is 5.96. The average Bonchev–Trinajstić information content (AvgIpc) is 2.26. The molecule has 1 aromatic rings. The van der Waals surface area contributed by atoms with Crippen molar-refractivity contribution in [3.05, 3.63) is 29.8 Å². The summed E-state index contributed by atoms with van der Waals surface area (Å²) in [4.78, 5) is 12.9. The lowest BCUT2D eigenvalue weighted by Crippen LogP contribution is -2.34. The highest BCUT2D eigenvalue weighted by molar-refractivity contribution is 7.98. The second kappa shape index (κ2) is 6.14. The zero-order valence-corrected chi connectivity index (χ0v) is 12.4. The number of ether oxygens (including phenoxy) is 1. The number of benzene rings is 1. The predicted octanol–water partition coefficient (Wildman–Crippen LogP) is 3.99. The summed E-state index contributed by atoms with van der Waals surface area (Å²) in [6, 6.07) is 7.97. The SMILES string of the molecule is CSc1ccccc1C(C)NC(=O)OC(C)(C)C. The quantitative estimate of drug-likeness (QED) is 0.841. The number of amides is 1. The van der Waals surface area contributed by atoms with Crippen LogP contribution in [0.3, 0.4) is 0 Å². The maximum Gasteiger partial charge on any atom is 0.408 e. The molecule has 100 valence electrons. The van der Waals surface area contributed by atoms with E-state index in [4.69, 9.17) is 4.74 Å². The van der Waals surface area contributed by atoms with Crippen LogP contribution in [0.2, 0.25) is 0 Å². The van der Waals surface area contributed by atoms with Crippen LogP contribution in [0.4, 0.5) is 4.79 Å². The molecule has 0 radical (unpaired) electrons. The third kappa shape index (κ3) is 4.61. The van der Waals surface area contributed by atoms with Crippen molar-refractivity contribution < 1.29 is 9.53 Å². The lowest BCUT2D eigenvalue weighted by atomic mass is 10.1. The van der Waals surface area contributed by atoms with Crippen LogP contribution in [0.25, 0.3) is 0 Å². The molecule has 1 N–H and O–H groups in total. The van der Waals surface area contributed by atoms with Gasteiger partial charge >= 0.3 is 6.09 Å². The van der Waals surface area contributed by atoms with Crippen molar-refractivity contribution >= 4 is 17.9 Å². The summed E-state index contributed by atoms with van der Waals surface area (Å²) in [7, 11) is 0. The highest BCUT2D eigenvalue weighted by Crippen LogP contribution is 2.25. The number of hydrogen-bond donors (Lipinski definition) is 1. The summed E-state index contributed by atoms with van der Waals surface area (Å²) in [5.74, 6) is 0. The van der Waals surface area contributed by atoms with Gasteiger partial charge in [0.25, 0.3) is 0 Å². The van der Waals surface area contributed by atoms with Crippen molar-refractivity contribution in [2.24, 2.45) is 0 Å². The number of thioether (sulfide) groups is 1. The number of nitrogens with one attached hydrogen (secondary N) is 1. The maximum atomic E-state index is 11.7. The van der Waals surface area contributed by atoms with Gasteiger partial charge < -0.3 is 10.1 Å². The molecule has 0 fully saturated rings. The Morgan fingerprint density at radius 1 is 1.33 bits per heavy atom. The van der Waals surface area contributed by atoms with E-state index in [1.54, 1.807) is 11.8 Å². The van der Waals surface area contributed by atoms with E-state index < -0.39 is 5.60 Å². The fraction of sp³-hybridized carbons (Fsp3) is 0.500. The molecule has 1 aromatic carbocycles. The van der Waals surface area contributed by atoms with Crippen LogP contribution in [0, 0.1) is 0 Å². The van der Waals surface area contributed by atoms with E-state index in [2.05, 4.69) is 5.32 Å². The molecule has 0 aliphatic rings. The molecule has 0 saturated carbocycles. The molecule has 0 saturated heterocycles. The van der Waals surface area contributed by atoms with Crippen LogP contribution in [0.15, 0.2) is 29.2 Å². The van der Waals surface area contributed by atoms with E-state index in [1.165, 1.54) is 4.90 Å². The van der Waals surface area contributed by atoms with Gasteiger partial charge in [-0.3, -0.25) is 0 Å². The molecule has 0 bridgehead atoms. The van der Waals surface area contributed by atoms with Crippen LogP contribution in [-0.4, -0.2) is 18.0 Å². The summed E-state index contributed by atoms with van der Waals surface area (Å²) in [6.45, 7) is 7.52. The molecule has 0 aliphatic heterocycles. The third-order valence-electron chi connectivity index (χ3n) is 2.34. The van der Waals surface area contributed by atoms with Crippen molar-refractivity contribution in [1.29, 1.82) is 0 Å². The molecule has 0 heterocycles. The zero-order chi connectivity index (χ0) is 13.8. The molecule has 0 aliphatic carbocycles. The van der Waals surface area contributed by atoms with Gasteiger partial charge in [-0.25, -0.2) is 4.79 Å². The first kappa shape index (κ1) is 14.9. The van der Waals surface area contributed by atoms with E-state index in [9.17, 15) is 4.79 Å². The number of alkyl carbamates (subject to hydrolysis) is 1. The maximum absolute atomic E-state index is 11.7. The number of hydrogen-bond acceptors (Lipinski definition) is 3. The molecule has 3 nitrogen and oxygen atoms in total. The van der Waals surface area contributed by atoms with E-state index >= 15 is 0 Å². The van der Waals surface area contributed by atoms with Crippen LogP contribution in [0.1, 0.15) is 39.3 Å². The molecule has 18 heavy (non-hydrogen) atoms. The molecule has 1 rings (SSSR count). The summed E-state index contributed by atoms with van der Waals surface area (Å²) in [5, 5.41) is 2.85. The smallest absolute Gasteiger partial charge is 0.408 e. The number of carbonyl (C=O) groups is 1. The number of carbonyl (C=O) groups excluding carboxylic acids is 1. The molecule has 1 atom stereocenters. The van der Waals surface area contributed by atoms with Crippen molar-refractivity contribution in [2.45, 2.75) is 44.2 Å². The molecular weight excluding hydrogens is 246 g/mol. The minimum absolute atomic E-state index is 0.0662. The van der Waals surface area contributed by atoms with Gasteiger partial charge in [-0.1, -0.05) is 18.2 Å². The highest BCUT2D eigenvalue weighted by atomic mass is 32.2. The van der Waals surface area contributed by atoms with Crippen molar-refractivity contribution in [1.82, 2.24) is 5.32 Å². The highest BCUT2D eigenvalue weighted by Gasteiger charge is 2.19. The van der Waals surface area contributed by atoms with Gasteiger partial charge in [0.05, 0.1) is 6.04 Å². The van der Waals surface area contributed by atoms with Crippen LogP contribution in [0.5, 0.6) is 0 Å². The van der Waals surface area contributed by atoms with E-state index in [0.717, 1.165) is 5.56 Å². The average molecular weight is 267 g/mol. The van der Waals surface area contributed by atoms with Gasteiger partial charge in [0.1, 0.15) is 5.60 Å². The van der Waals surface area contributed by atoms with Crippen LogP contribution >= 0.6 is 11.8 Å². The van der Waals surface area contributed by atoms with Gasteiger partial charge in [0, 0.05) is 4.90 Å². The molecule has 4 heteroatoms. The zero-order valence-electron chi connectivity index (χ0n) is 11.6. The van der Waals surface area contributed by atoms with Crippen molar-refractivity contribution in [3.63, 3.8) is 0 Å². The van der Waals surface area contributed by atoms with E-state index in [0.29, 0.717) is 0 Å². The second-order valence-electron chi connectivity index (χ2n) is 5.11. The Kier molecular flexibility index (Phi) is 5.08. The first-order valence-electron chi connectivity index (χ1n) is 5.96. The number of rotatable bonds is 3. The summed E-state index contributed by atoms with van der Waals surface area (Å²) >= 11 is 1.67. The summed E-state index contributed by atoms with van der Waals surface area (Å²) in [5.41, 5.74) is 0.638. The van der Waals surface area contributed by atoms with Gasteiger partial charge in [-0.15, -0.1) is 11.8 Å². The van der Waals surface area contributed by atoms with Gasteiger partial charge in [-0.05, 0) is 45.6 Å². The third-order valence-corrected chi connectivity index (χ3v) is 3.15. The largest absolute Gasteiger partial charge is 0.444 e. The first-order chi connectivity index (χ1) is 8.33. The summed E-state index contributed by atoms with van der Waals surface area (Å²) < 4.78 is 5.25. The molecule has 1 amide bonds. The Balaban J connectivity index is 2.70. The lowest BCUT2D eigenvalue weighted by molar-refractivity contribution is 0.0507. The van der Waals surface area contributed by atoms with E-state index in [-0.39, 0.29) is 12.1 Å². The lowest BCUT2D eigenvalue weighted by Gasteiger charge is -2.22.